The summed E-state index contributed by atoms with van der Waals surface area (Å²) in [7, 11) is 0. The number of benzene rings is 6. The summed E-state index contributed by atoms with van der Waals surface area (Å²) >= 11 is 0. The van der Waals surface area contributed by atoms with Crippen LogP contribution in [-0.4, -0.2) is 45.2 Å². The molecular weight excluding hydrogens is 767 g/mol. The SMILES string of the molecule is CCCC(CCC)N1Cc2ccc3c(c2)c2cc(-c4ccc(C(=O)OCC)cc4)ccc2n3CCCCn2c3ccc(cc3c3cc(-c4ccc(C(=O)OCC)cc4)ccc32)C1. The Balaban J connectivity index is 1.13. The van der Waals surface area contributed by atoms with Gasteiger partial charge in [0.2, 0.25) is 0 Å². The second-order valence-corrected chi connectivity index (χ2v) is 16.9. The second kappa shape index (κ2) is 18.0. The molecule has 3 aliphatic heterocycles. The van der Waals surface area contributed by atoms with Gasteiger partial charge < -0.3 is 18.6 Å². The van der Waals surface area contributed by atoms with Gasteiger partial charge in [-0.25, -0.2) is 9.59 Å². The molecule has 0 fully saturated rings. The summed E-state index contributed by atoms with van der Waals surface area (Å²) < 4.78 is 15.6. The first-order chi connectivity index (χ1) is 30.4. The molecule has 0 spiro atoms. The molecule has 0 amide bonds. The van der Waals surface area contributed by atoms with Crippen molar-refractivity contribution in [2.24, 2.45) is 0 Å². The normalized spacial score (nSPS) is 13.7. The number of fused-ring (bicyclic) bond motifs is 2. The molecule has 0 unspecified atom stereocenters. The molecule has 62 heavy (non-hydrogen) atoms. The van der Waals surface area contributed by atoms with Crippen molar-refractivity contribution in [1.82, 2.24) is 14.0 Å². The maximum Gasteiger partial charge on any atom is 0.338 e. The third-order valence-corrected chi connectivity index (χ3v) is 12.9. The number of hydrogen-bond donors (Lipinski definition) is 0. The van der Waals surface area contributed by atoms with Crippen LogP contribution < -0.4 is 0 Å². The van der Waals surface area contributed by atoms with Crippen LogP contribution >= 0.6 is 0 Å². The van der Waals surface area contributed by atoms with Gasteiger partial charge in [-0.15, -0.1) is 0 Å². The average Bonchev–Trinajstić information content (AvgIpc) is 3.77. The summed E-state index contributed by atoms with van der Waals surface area (Å²) in [4.78, 5) is 27.5. The van der Waals surface area contributed by atoms with E-state index in [9.17, 15) is 9.59 Å². The van der Waals surface area contributed by atoms with E-state index >= 15 is 0 Å². The lowest BCUT2D eigenvalue weighted by Gasteiger charge is -2.32. The Hall–Kier alpha value is -6.18. The van der Waals surface area contributed by atoms with E-state index in [1.165, 1.54) is 54.7 Å². The van der Waals surface area contributed by atoms with Crippen LogP contribution in [-0.2, 0) is 35.7 Å². The smallest absolute Gasteiger partial charge is 0.338 e. The van der Waals surface area contributed by atoms with Crippen molar-refractivity contribution >= 4 is 55.6 Å². The highest BCUT2D eigenvalue weighted by atomic mass is 16.5. The highest BCUT2D eigenvalue weighted by Gasteiger charge is 2.22. The zero-order valence-electron chi connectivity index (χ0n) is 36.6. The zero-order chi connectivity index (χ0) is 42.7. The fourth-order valence-corrected chi connectivity index (χ4v) is 9.87. The third-order valence-electron chi connectivity index (χ3n) is 12.9. The number of carbonyl (C=O) groups excluding carboxylic acids is 2. The van der Waals surface area contributed by atoms with Crippen LogP contribution in [0.2, 0.25) is 0 Å². The number of hydrogen-bond acceptors (Lipinski definition) is 5. The number of nitrogens with zero attached hydrogens (tertiary/aromatic N) is 3. The molecule has 6 aromatic carbocycles. The molecule has 316 valence electrons. The third kappa shape index (κ3) is 8.02. The summed E-state index contributed by atoms with van der Waals surface area (Å²) in [5.74, 6) is -0.580. The lowest BCUT2D eigenvalue weighted by atomic mass is 9.99. The van der Waals surface area contributed by atoms with Crippen LogP contribution in [0.25, 0.3) is 65.9 Å². The molecule has 3 aliphatic rings. The van der Waals surface area contributed by atoms with E-state index in [1.807, 2.05) is 62.4 Å². The number of ether oxygens (including phenoxy) is 2. The van der Waals surface area contributed by atoms with E-state index in [0.717, 1.165) is 87.0 Å². The molecule has 5 heterocycles. The predicted molar refractivity (Wildman–Crippen MR) is 254 cm³/mol. The molecule has 0 saturated carbocycles. The minimum atomic E-state index is -0.290. The highest BCUT2D eigenvalue weighted by molar-refractivity contribution is 6.11. The monoisotopic (exact) mass is 823 g/mol. The van der Waals surface area contributed by atoms with Crippen molar-refractivity contribution in [2.45, 2.75) is 98.4 Å². The molecule has 11 rings (SSSR count). The summed E-state index contributed by atoms with van der Waals surface area (Å²) in [6.45, 7) is 12.6. The summed E-state index contributed by atoms with van der Waals surface area (Å²) in [5.41, 5.74) is 13.3. The Morgan fingerprint density at radius 3 is 1.24 bits per heavy atom. The fraction of sp³-hybridized carbons (Fsp3) is 0.309. The lowest BCUT2D eigenvalue weighted by Crippen LogP contribution is -2.34. The predicted octanol–water partition coefficient (Wildman–Crippen LogP) is 13.4. The molecular formula is C55H57N3O4. The van der Waals surface area contributed by atoms with Crippen molar-refractivity contribution in [1.29, 1.82) is 0 Å². The van der Waals surface area contributed by atoms with Gasteiger partial charge in [-0.3, -0.25) is 4.90 Å². The van der Waals surface area contributed by atoms with Gasteiger partial charge in [-0.1, -0.05) is 75.2 Å². The molecule has 0 N–H and O–H groups in total. The van der Waals surface area contributed by atoms with Gasteiger partial charge in [0.1, 0.15) is 0 Å². The molecule has 7 nitrogen and oxygen atoms in total. The van der Waals surface area contributed by atoms with Crippen LogP contribution in [0, 0.1) is 0 Å². The van der Waals surface area contributed by atoms with Gasteiger partial charge in [0.15, 0.2) is 0 Å². The number of carbonyl (C=O) groups is 2. The first-order valence-electron chi connectivity index (χ1n) is 22.8. The van der Waals surface area contributed by atoms with Crippen molar-refractivity contribution < 1.29 is 19.1 Å². The molecule has 0 radical (unpaired) electrons. The van der Waals surface area contributed by atoms with E-state index < -0.39 is 0 Å². The van der Waals surface area contributed by atoms with Crippen molar-refractivity contribution in [3.8, 4) is 22.3 Å². The number of rotatable bonds is 11. The first kappa shape index (κ1) is 41.2. The van der Waals surface area contributed by atoms with Gasteiger partial charge in [0.05, 0.1) is 24.3 Å². The standard InChI is InChI=1S/C55H57N3O4/c1-5-11-45(12-6-2)56-35-37-13-25-50-46(31-37)48-33-43(39-15-19-41(20-16-39)54(59)61-7-3)23-27-52(48)57(50)29-9-10-30-58-51-26-14-38(36-56)32-47(51)49-34-44(24-28-53(49)58)40-17-21-42(22-18-40)55(60)62-8-4/h13-28,31-34,45H,5-12,29-30,35-36H2,1-4H3. The molecule has 2 aromatic heterocycles. The Morgan fingerprint density at radius 1 is 0.484 bits per heavy atom. The first-order valence-corrected chi connectivity index (χ1v) is 22.8. The average molecular weight is 824 g/mol. The van der Waals surface area contributed by atoms with Crippen molar-refractivity contribution in [3.05, 3.63) is 144 Å². The van der Waals surface area contributed by atoms with Crippen molar-refractivity contribution in [3.63, 3.8) is 0 Å². The van der Waals surface area contributed by atoms with Crippen LogP contribution in [0.5, 0.6) is 0 Å². The molecule has 0 atom stereocenters. The number of aryl methyl sites for hydroxylation is 2. The summed E-state index contributed by atoms with van der Waals surface area (Å²) in [6, 6.07) is 44.1. The topological polar surface area (TPSA) is 65.7 Å². The lowest BCUT2D eigenvalue weighted by molar-refractivity contribution is 0.0517. The van der Waals surface area contributed by atoms with Crippen LogP contribution in [0.15, 0.2) is 121 Å². The van der Waals surface area contributed by atoms with Gasteiger partial charge in [0, 0.05) is 75.8 Å². The zero-order valence-corrected chi connectivity index (χ0v) is 36.6. The summed E-state index contributed by atoms with van der Waals surface area (Å²) in [5, 5.41) is 5.12. The van der Waals surface area contributed by atoms with Crippen LogP contribution in [0.3, 0.4) is 0 Å². The Kier molecular flexibility index (Phi) is 12.0. The van der Waals surface area contributed by atoms with E-state index in [0.29, 0.717) is 30.4 Å². The minimum Gasteiger partial charge on any atom is -0.462 e. The Bertz CT molecular complexity index is 2710. The molecule has 8 aromatic rings. The summed E-state index contributed by atoms with van der Waals surface area (Å²) in [6.07, 6.45) is 6.68. The largest absolute Gasteiger partial charge is 0.462 e. The maximum absolute atomic E-state index is 12.4. The van der Waals surface area contributed by atoms with Gasteiger partial charge in [-0.05, 0) is 146 Å². The van der Waals surface area contributed by atoms with Gasteiger partial charge in [0.25, 0.3) is 0 Å². The highest BCUT2D eigenvalue weighted by Crippen LogP contribution is 2.37. The molecule has 8 bridgehead atoms. The number of esters is 2. The molecule has 7 heteroatoms. The fourth-order valence-electron chi connectivity index (χ4n) is 9.87. The van der Waals surface area contributed by atoms with E-state index in [-0.39, 0.29) is 11.9 Å². The van der Waals surface area contributed by atoms with Crippen molar-refractivity contribution in [2.75, 3.05) is 13.2 Å². The van der Waals surface area contributed by atoms with E-state index in [1.54, 1.807) is 0 Å². The number of aromatic nitrogens is 2. The van der Waals surface area contributed by atoms with E-state index in [2.05, 4.69) is 101 Å². The molecule has 0 saturated heterocycles. The van der Waals surface area contributed by atoms with Crippen LogP contribution in [0.1, 0.15) is 98.1 Å². The van der Waals surface area contributed by atoms with Gasteiger partial charge in [-0.2, -0.15) is 0 Å². The minimum absolute atomic E-state index is 0.290. The molecule has 0 aliphatic carbocycles. The van der Waals surface area contributed by atoms with Crippen LogP contribution in [0.4, 0.5) is 0 Å². The maximum atomic E-state index is 12.4. The Morgan fingerprint density at radius 2 is 0.855 bits per heavy atom. The van der Waals surface area contributed by atoms with E-state index in [4.69, 9.17) is 9.47 Å². The van der Waals surface area contributed by atoms with Gasteiger partial charge >= 0.3 is 11.9 Å². The second-order valence-electron chi connectivity index (χ2n) is 16.9. The quantitative estimate of drug-likeness (QED) is 0.122. The Labute approximate surface area is 364 Å².